The molecule has 0 aliphatic heterocycles. The Kier molecular flexibility index (Phi) is 5.22. The summed E-state index contributed by atoms with van der Waals surface area (Å²) in [6, 6.07) is 10.5. The van der Waals surface area contributed by atoms with Crippen LogP contribution in [0.2, 0.25) is 0 Å². The average Bonchev–Trinajstić information content (AvgIpc) is 2.97. The summed E-state index contributed by atoms with van der Waals surface area (Å²) < 4.78 is 0. The minimum atomic E-state index is 0.162. The predicted octanol–water partition coefficient (Wildman–Crippen LogP) is 2.98. The molecule has 2 atom stereocenters. The topological polar surface area (TPSA) is 32.3 Å². The summed E-state index contributed by atoms with van der Waals surface area (Å²) in [6.45, 7) is 2.81. The molecule has 108 valence electrons. The molecule has 20 heavy (non-hydrogen) atoms. The number of hydrogen-bond acceptors (Lipinski definition) is 2. The van der Waals surface area contributed by atoms with Gasteiger partial charge in [0.15, 0.2) is 0 Å². The van der Waals surface area contributed by atoms with Crippen molar-refractivity contribution in [1.29, 1.82) is 0 Å². The second-order valence-electron chi connectivity index (χ2n) is 5.57. The van der Waals surface area contributed by atoms with Crippen LogP contribution in [0, 0.1) is 5.92 Å². The Morgan fingerprint density at radius 3 is 2.80 bits per heavy atom. The van der Waals surface area contributed by atoms with E-state index in [1.54, 1.807) is 0 Å². The number of carbonyl (C=O) groups is 1. The van der Waals surface area contributed by atoms with E-state index in [2.05, 4.69) is 48.5 Å². The van der Waals surface area contributed by atoms with Crippen molar-refractivity contribution < 1.29 is 4.79 Å². The number of nitrogens with one attached hydrogen (secondary N) is 1. The molecule has 1 aliphatic rings. The summed E-state index contributed by atoms with van der Waals surface area (Å²) >= 11 is 0. The quantitative estimate of drug-likeness (QED) is 0.807. The van der Waals surface area contributed by atoms with Gasteiger partial charge in [0.05, 0.1) is 0 Å². The molecule has 1 aromatic carbocycles. The molecule has 1 amide bonds. The van der Waals surface area contributed by atoms with Gasteiger partial charge in [0.2, 0.25) is 5.91 Å². The van der Waals surface area contributed by atoms with E-state index in [-0.39, 0.29) is 11.9 Å². The summed E-state index contributed by atoms with van der Waals surface area (Å²) in [7, 11) is 2.06. The molecule has 0 radical (unpaired) electrons. The molecule has 0 aromatic heterocycles. The number of likely N-dealkylation sites (N-methyl/N-ethyl adjacent to an activating group) is 1. The fourth-order valence-electron chi connectivity index (χ4n) is 2.49. The molecule has 0 saturated carbocycles. The van der Waals surface area contributed by atoms with Gasteiger partial charge in [-0.15, -0.1) is 0 Å². The molecule has 3 nitrogen and oxygen atoms in total. The van der Waals surface area contributed by atoms with Gasteiger partial charge in [-0.05, 0) is 37.8 Å². The monoisotopic (exact) mass is 272 g/mol. The van der Waals surface area contributed by atoms with Gasteiger partial charge in [0.25, 0.3) is 0 Å². The molecule has 1 aromatic rings. The number of anilines is 1. The highest BCUT2D eigenvalue weighted by atomic mass is 16.1. The summed E-state index contributed by atoms with van der Waals surface area (Å²) in [6.07, 6.45) is 7.19. The molecular formula is C17H24N2O. The van der Waals surface area contributed by atoms with Crippen LogP contribution in [0.4, 0.5) is 5.69 Å². The lowest BCUT2D eigenvalue weighted by Gasteiger charge is -2.27. The summed E-state index contributed by atoms with van der Waals surface area (Å²) in [4.78, 5) is 14.1. The van der Waals surface area contributed by atoms with Crippen molar-refractivity contribution in [3.05, 3.63) is 42.5 Å². The van der Waals surface area contributed by atoms with E-state index < -0.39 is 0 Å². The highest BCUT2D eigenvalue weighted by Gasteiger charge is 2.15. The first-order chi connectivity index (χ1) is 9.66. The minimum Gasteiger partial charge on any atom is -0.370 e. The molecule has 0 saturated heterocycles. The van der Waals surface area contributed by atoms with Gasteiger partial charge in [-0.25, -0.2) is 0 Å². The smallest absolute Gasteiger partial charge is 0.220 e. The highest BCUT2D eigenvalue weighted by molar-refractivity contribution is 5.76. The van der Waals surface area contributed by atoms with Crippen LogP contribution in [0.5, 0.6) is 0 Å². The largest absolute Gasteiger partial charge is 0.370 e. The average molecular weight is 272 g/mol. The Morgan fingerprint density at radius 2 is 2.15 bits per heavy atom. The number of allylic oxidation sites excluding steroid dienone is 2. The molecule has 0 spiro atoms. The first-order valence-electron chi connectivity index (χ1n) is 7.38. The zero-order valence-corrected chi connectivity index (χ0v) is 12.4. The molecule has 0 bridgehead atoms. The SMILES string of the molecule is C[C@@H](CNC(=O)C[C@H]1C=CCC1)N(C)c1ccccc1. The first kappa shape index (κ1) is 14.6. The van der Waals surface area contributed by atoms with Gasteiger partial charge in [0.1, 0.15) is 0 Å². The third kappa shape index (κ3) is 4.12. The number of amides is 1. The molecule has 0 heterocycles. The van der Waals surface area contributed by atoms with Gasteiger partial charge in [-0.2, -0.15) is 0 Å². The van der Waals surface area contributed by atoms with Crippen LogP contribution in [0.3, 0.4) is 0 Å². The van der Waals surface area contributed by atoms with E-state index in [9.17, 15) is 4.79 Å². The van der Waals surface area contributed by atoms with Gasteiger partial charge in [-0.3, -0.25) is 4.79 Å². The first-order valence-corrected chi connectivity index (χ1v) is 7.38. The zero-order chi connectivity index (χ0) is 14.4. The summed E-state index contributed by atoms with van der Waals surface area (Å²) in [5.41, 5.74) is 1.17. The van der Waals surface area contributed by atoms with Crippen molar-refractivity contribution in [1.82, 2.24) is 5.32 Å². The van der Waals surface area contributed by atoms with E-state index in [1.165, 1.54) is 5.69 Å². The van der Waals surface area contributed by atoms with Crippen molar-refractivity contribution in [3.63, 3.8) is 0 Å². The summed E-state index contributed by atoms with van der Waals surface area (Å²) in [5.74, 6) is 0.604. The Balaban J connectivity index is 1.75. The number of rotatable bonds is 6. The van der Waals surface area contributed by atoms with E-state index in [0.717, 1.165) is 12.8 Å². The second-order valence-corrected chi connectivity index (χ2v) is 5.57. The fourth-order valence-corrected chi connectivity index (χ4v) is 2.49. The van der Waals surface area contributed by atoms with Crippen LogP contribution in [-0.2, 0) is 4.79 Å². The zero-order valence-electron chi connectivity index (χ0n) is 12.4. The second kappa shape index (κ2) is 7.13. The third-order valence-corrected chi connectivity index (χ3v) is 3.98. The maximum absolute atomic E-state index is 11.9. The van der Waals surface area contributed by atoms with Crippen molar-refractivity contribution in [3.8, 4) is 0 Å². The third-order valence-electron chi connectivity index (χ3n) is 3.98. The van der Waals surface area contributed by atoms with Gasteiger partial charge in [0, 0.05) is 31.7 Å². The van der Waals surface area contributed by atoms with Crippen molar-refractivity contribution in [2.75, 3.05) is 18.5 Å². The molecule has 1 N–H and O–H groups in total. The Labute approximate surface area is 121 Å². The van der Waals surface area contributed by atoms with E-state index in [0.29, 0.717) is 18.9 Å². The van der Waals surface area contributed by atoms with Gasteiger partial charge < -0.3 is 10.2 Å². The van der Waals surface area contributed by atoms with Crippen LogP contribution >= 0.6 is 0 Å². The van der Waals surface area contributed by atoms with Crippen LogP contribution in [0.1, 0.15) is 26.2 Å². The Bertz CT molecular complexity index is 455. The van der Waals surface area contributed by atoms with E-state index in [1.807, 2.05) is 18.2 Å². The van der Waals surface area contributed by atoms with Crippen LogP contribution < -0.4 is 10.2 Å². The lowest BCUT2D eigenvalue weighted by molar-refractivity contribution is -0.121. The van der Waals surface area contributed by atoms with Gasteiger partial charge in [-0.1, -0.05) is 30.4 Å². The maximum atomic E-state index is 11.9. The van der Waals surface area contributed by atoms with Crippen molar-refractivity contribution >= 4 is 11.6 Å². The van der Waals surface area contributed by atoms with Crippen molar-refractivity contribution in [2.45, 2.75) is 32.2 Å². The molecule has 2 rings (SSSR count). The summed E-state index contributed by atoms with van der Waals surface area (Å²) in [5, 5.41) is 3.05. The highest BCUT2D eigenvalue weighted by Crippen LogP contribution is 2.20. The minimum absolute atomic E-state index is 0.162. The Morgan fingerprint density at radius 1 is 1.40 bits per heavy atom. The normalized spacial score (nSPS) is 18.8. The number of carbonyl (C=O) groups excluding carboxylic acids is 1. The number of benzene rings is 1. The molecule has 1 aliphatic carbocycles. The van der Waals surface area contributed by atoms with Gasteiger partial charge >= 0.3 is 0 Å². The lowest BCUT2D eigenvalue weighted by atomic mass is 10.1. The molecular weight excluding hydrogens is 248 g/mol. The van der Waals surface area contributed by atoms with Crippen LogP contribution in [0.15, 0.2) is 42.5 Å². The fraction of sp³-hybridized carbons (Fsp3) is 0.471. The predicted molar refractivity (Wildman–Crippen MR) is 83.8 cm³/mol. The Hall–Kier alpha value is -1.77. The van der Waals surface area contributed by atoms with Crippen molar-refractivity contribution in [2.24, 2.45) is 5.92 Å². The van der Waals surface area contributed by atoms with Crippen LogP contribution in [0.25, 0.3) is 0 Å². The molecule has 0 fully saturated rings. The van der Waals surface area contributed by atoms with E-state index >= 15 is 0 Å². The molecule has 3 heteroatoms. The lowest BCUT2D eigenvalue weighted by Crippen LogP contribution is -2.40. The maximum Gasteiger partial charge on any atom is 0.220 e. The number of nitrogens with zero attached hydrogens (tertiary/aromatic N) is 1. The number of para-hydroxylation sites is 1. The number of hydrogen-bond donors (Lipinski definition) is 1. The van der Waals surface area contributed by atoms with E-state index in [4.69, 9.17) is 0 Å². The standard InChI is InChI=1S/C17H24N2O/c1-14(19(2)16-10-4-3-5-11-16)13-18-17(20)12-15-8-6-7-9-15/h3-6,8,10-11,14-15H,7,9,12-13H2,1-2H3,(H,18,20)/t14-,15-/m0/s1. The molecule has 0 unspecified atom stereocenters. The van der Waals surface area contributed by atoms with Crippen LogP contribution in [-0.4, -0.2) is 25.5 Å².